The Labute approximate surface area is 171 Å². The Morgan fingerprint density at radius 3 is 2.60 bits per heavy atom. The van der Waals surface area contributed by atoms with Crippen LogP contribution in [0.5, 0.6) is 5.75 Å². The quantitative estimate of drug-likeness (QED) is 0.669. The first-order valence-corrected chi connectivity index (χ1v) is 10.4. The summed E-state index contributed by atoms with van der Waals surface area (Å²) in [7, 11) is 1.31. The molecule has 1 aromatic heterocycles. The van der Waals surface area contributed by atoms with Gasteiger partial charge in [0.25, 0.3) is 5.56 Å². The number of rotatable bonds is 5. The maximum absolute atomic E-state index is 15.7. The minimum absolute atomic E-state index is 0.0177. The molecular formula is C21H26FN3O5. The number of aliphatic hydroxyl groups is 2. The first-order valence-electron chi connectivity index (χ1n) is 10.4. The molecule has 1 aromatic carbocycles. The third-order valence-corrected chi connectivity index (χ3v) is 7.17. The number of aromatic nitrogens is 2. The molecule has 8 nitrogen and oxygen atoms in total. The van der Waals surface area contributed by atoms with E-state index in [2.05, 4.69) is 4.98 Å². The molecule has 5 rings (SSSR count). The number of aliphatic hydroxyl groups excluding tert-OH is 2. The lowest BCUT2D eigenvalue weighted by Crippen LogP contribution is -2.32. The van der Waals surface area contributed by atoms with E-state index < -0.39 is 23.2 Å². The number of hydrogen-bond donors (Lipinski definition) is 3. The molecule has 9 heteroatoms. The van der Waals surface area contributed by atoms with Crippen LogP contribution in [0.15, 0.2) is 9.59 Å². The van der Waals surface area contributed by atoms with Crippen LogP contribution in [0.25, 0.3) is 10.9 Å². The molecule has 1 aliphatic heterocycles. The van der Waals surface area contributed by atoms with Gasteiger partial charge in [-0.1, -0.05) is 0 Å². The summed E-state index contributed by atoms with van der Waals surface area (Å²) in [4.78, 5) is 29.4. The van der Waals surface area contributed by atoms with Crippen LogP contribution in [0.4, 0.5) is 10.1 Å². The third-order valence-electron chi connectivity index (χ3n) is 7.17. The zero-order chi connectivity index (χ0) is 21.4. The fourth-order valence-corrected chi connectivity index (χ4v) is 5.38. The number of fused-ring (bicyclic) bond motifs is 1. The number of methoxy groups -OCH3 is 1. The summed E-state index contributed by atoms with van der Waals surface area (Å²) in [6, 6.07) is -0.0177. The van der Waals surface area contributed by atoms with Crippen LogP contribution in [0.3, 0.4) is 0 Å². The van der Waals surface area contributed by atoms with Crippen LogP contribution in [-0.2, 0) is 0 Å². The molecule has 0 radical (unpaired) electrons. The summed E-state index contributed by atoms with van der Waals surface area (Å²) in [6.45, 7) is 2.34. The molecule has 3 fully saturated rings. The fraction of sp³-hybridized carbons (Fsp3) is 0.619. The van der Waals surface area contributed by atoms with E-state index in [-0.39, 0.29) is 35.1 Å². The average Bonchev–Trinajstić information content (AvgIpc) is 3.62. The van der Waals surface area contributed by atoms with E-state index >= 15 is 4.39 Å². The van der Waals surface area contributed by atoms with Gasteiger partial charge in [0.15, 0.2) is 11.6 Å². The Morgan fingerprint density at radius 1 is 1.33 bits per heavy atom. The predicted octanol–water partition coefficient (Wildman–Crippen LogP) is 1.05. The average molecular weight is 419 g/mol. The van der Waals surface area contributed by atoms with E-state index in [1.54, 1.807) is 11.5 Å². The van der Waals surface area contributed by atoms with Crippen molar-refractivity contribution in [3.63, 3.8) is 0 Å². The van der Waals surface area contributed by atoms with Gasteiger partial charge in [-0.05, 0) is 38.0 Å². The molecule has 2 aromatic rings. The molecule has 2 atom stereocenters. The molecule has 30 heavy (non-hydrogen) atoms. The lowest BCUT2D eigenvalue weighted by Gasteiger charge is -2.25. The van der Waals surface area contributed by atoms with Gasteiger partial charge < -0.3 is 19.8 Å². The van der Waals surface area contributed by atoms with Crippen LogP contribution in [-0.4, -0.2) is 52.7 Å². The van der Waals surface area contributed by atoms with Gasteiger partial charge in [0, 0.05) is 30.6 Å². The van der Waals surface area contributed by atoms with E-state index in [1.165, 1.54) is 7.11 Å². The molecule has 3 N–H and O–H groups in total. The number of aryl methyl sites for hydroxylation is 1. The zero-order valence-electron chi connectivity index (χ0n) is 17.1. The number of halogens is 1. The second-order valence-corrected chi connectivity index (χ2v) is 9.00. The van der Waals surface area contributed by atoms with Gasteiger partial charge in [-0.2, -0.15) is 0 Å². The molecule has 2 aliphatic carbocycles. The van der Waals surface area contributed by atoms with Crippen molar-refractivity contribution in [3.05, 3.63) is 32.2 Å². The Hall–Kier alpha value is -2.39. The summed E-state index contributed by atoms with van der Waals surface area (Å²) in [6.07, 6.45) is 2.63. The third kappa shape index (κ3) is 2.64. The number of nitrogens with one attached hydrogen (secondary N) is 1. The van der Waals surface area contributed by atoms with Crippen LogP contribution in [0, 0.1) is 24.1 Å². The normalized spacial score (nSPS) is 23.4. The number of ether oxygens (including phenoxy) is 1. The van der Waals surface area contributed by atoms with Gasteiger partial charge in [0.1, 0.15) is 5.39 Å². The molecule has 0 bridgehead atoms. The number of H-pyrrole nitrogens is 1. The van der Waals surface area contributed by atoms with Crippen LogP contribution in [0.2, 0.25) is 0 Å². The number of benzene rings is 1. The maximum atomic E-state index is 15.7. The minimum Gasteiger partial charge on any atom is -0.493 e. The highest BCUT2D eigenvalue weighted by atomic mass is 19.1. The first-order chi connectivity index (χ1) is 14.3. The fourth-order valence-electron chi connectivity index (χ4n) is 5.38. The molecule has 162 valence electrons. The SMILES string of the molecule is COc1c(F)c(N2CC(C(O)CO)C3(CC3)C2)c(C)c2c1c(=O)[nH]c(=O)n2C1CC1. The van der Waals surface area contributed by atoms with Crippen molar-refractivity contribution in [2.24, 2.45) is 11.3 Å². The summed E-state index contributed by atoms with van der Waals surface area (Å²) in [5.74, 6) is -0.964. The van der Waals surface area contributed by atoms with Crippen molar-refractivity contribution in [3.8, 4) is 5.75 Å². The molecular weight excluding hydrogens is 393 g/mol. The largest absolute Gasteiger partial charge is 0.493 e. The highest BCUT2D eigenvalue weighted by Crippen LogP contribution is 2.58. The molecule has 1 spiro atoms. The summed E-state index contributed by atoms with van der Waals surface area (Å²) in [5.41, 5.74) is -0.0491. The Kier molecular flexibility index (Phi) is 4.27. The second kappa shape index (κ2) is 6.55. The monoisotopic (exact) mass is 419 g/mol. The van der Waals surface area contributed by atoms with Gasteiger partial charge >= 0.3 is 5.69 Å². The van der Waals surface area contributed by atoms with Gasteiger partial charge in [-0.3, -0.25) is 14.3 Å². The van der Waals surface area contributed by atoms with E-state index in [4.69, 9.17) is 4.74 Å². The van der Waals surface area contributed by atoms with Crippen LogP contribution in [0.1, 0.15) is 37.3 Å². The van der Waals surface area contributed by atoms with Gasteiger partial charge in [-0.15, -0.1) is 0 Å². The van der Waals surface area contributed by atoms with Crippen molar-refractivity contribution in [1.29, 1.82) is 0 Å². The predicted molar refractivity (Wildman–Crippen MR) is 109 cm³/mol. The Balaban J connectivity index is 1.75. The number of hydrogen-bond acceptors (Lipinski definition) is 6. The molecule has 2 unspecified atom stereocenters. The number of anilines is 1. The Bertz CT molecular complexity index is 1150. The van der Waals surface area contributed by atoms with Crippen molar-refractivity contribution in [2.45, 2.75) is 44.8 Å². The van der Waals surface area contributed by atoms with Gasteiger partial charge in [0.2, 0.25) is 0 Å². The van der Waals surface area contributed by atoms with Crippen LogP contribution < -0.4 is 20.9 Å². The molecule has 3 aliphatic rings. The van der Waals surface area contributed by atoms with Gasteiger partial charge in [0.05, 0.1) is 31.0 Å². The topological polar surface area (TPSA) is 108 Å². The first kappa shape index (κ1) is 19.6. The molecule has 2 heterocycles. The lowest BCUT2D eigenvalue weighted by molar-refractivity contribution is 0.0335. The summed E-state index contributed by atoms with van der Waals surface area (Å²) < 4.78 is 22.6. The van der Waals surface area contributed by atoms with Crippen molar-refractivity contribution >= 4 is 16.6 Å². The number of nitrogens with zero attached hydrogens (tertiary/aromatic N) is 2. The summed E-state index contributed by atoms with van der Waals surface area (Å²) in [5, 5.41) is 19.8. The minimum atomic E-state index is -0.865. The molecule has 1 saturated heterocycles. The summed E-state index contributed by atoms with van der Waals surface area (Å²) >= 11 is 0. The Morgan fingerprint density at radius 2 is 2.03 bits per heavy atom. The highest BCUT2D eigenvalue weighted by molar-refractivity contribution is 5.93. The van der Waals surface area contributed by atoms with Crippen molar-refractivity contribution in [1.82, 2.24) is 9.55 Å². The lowest BCUT2D eigenvalue weighted by atomic mass is 9.88. The molecule has 0 amide bonds. The van der Waals surface area contributed by atoms with E-state index in [9.17, 15) is 19.8 Å². The van der Waals surface area contributed by atoms with Crippen molar-refractivity contribution in [2.75, 3.05) is 31.7 Å². The molecule has 2 saturated carbocycles. The van der Waals surface area contributed by atoms with E-state index in [0.717, 1.165) is 25.7 Å². The standard InChI is InChI=1S/C21H26FN3O5/c1-10-16-14(19(28)23-20(29)25(16)11-3-4-11)18(30-2)15(22)17(10)24-7-12(13(27)8-26)21(9-24)5-6-21/h11-13,26-27H,3-9H2,1-2H3,(H,23,28,29). The number of aromatic amines is 1. The highest BCUT2D eigenvalue weighted by Gasteiger charge is 2.57. The zero-order valence-corrected chi connectivity index (χ0v) is 17.1. The maximum Gasteiger partial charge on any atom is 0.329 e. The van der Waals surface area contributed by atoms with Crippen molar-refractivity contribution < 1.29 is 19.3 Å². The smallest absolute Gasteiger partial charge is 0.329 e. The second-order valence-electron chi connectivity index (χ2n) is 9.00. The van der Waals surface area contributed by atoms with E-state index in [1.807, 2.05) is 4.90 Å². The van der Waals surface area contributed by atoms with E-state index in [0.29, 0.717) is 29.9 Å². The van der Waals surface area contributed by atoms with Gasteiger partial charge in [-0.25, -0.2) is 9.18 Å². The van der Waals surface area contributed by atoms with Crippen LogP contribution >= 0.6 is 0 Å².